The first-order valence-electron chi connectivity index (χ1n) is 8.15. The van der Waals surface area contributed by atoms with Crippen molar-refractivity contribution in [3.63, 3.8) is 0 Å². The van der Waals surface area contributed by atoms with Crippen LogP contribution in [-0.4, -0.2) is 19.7 Å². The van der Waals surface area contributed by atoms with Crippen LogP contribution in [0.25, 0.3) is 10.1 Å². The number of sulfone groups is 1. The summed E-state index contributed by atoms with van der Waals surface area (Å²) in [7, 11) is -3.24. The van der Waals surface area contributed by atoms with E-state index in [4.69, 9.17) is 0 Å². The molecular weight excluding hydrogens is 490 g/mol. The molecule has 1 aromatic heterocycles. The number of rotatable bonds is 4. The average Bonchev–Trinajstić information content (AvgIpc) is 2.63. The monoisotopic (exact) mass is 505 g/mol. The maximum absolute atomic E-state index is 11.8. The van der Waals surface area contributed by atoms with Crippen LogP contribution < -0.4 is 0 Å². The summed E-state index contributed by atoms with van der Waals surface area (Å²) in [6.07, 6.45) is 3.03. The molecule has 0 unspecified atom stereocenters. The molecular formula is C21H17Br2NO2S. The van der Waals surface area contributed by atoms with Gasteiger partial charge in [-0.1, -0.05) is 46.3 Å². The highest BCUT2D eigenvalue weighted by atomic mass is 79.9. The second kappa shape index (κ2) is 8.09. The van der Waals surface area contributed by atoms with Gasteiger partial charge in [0.1, 0.15) is 0 Å². The van der Waals surface area contributed by atoms with Crippen molar-refractivity contribution in [3.8, 4) is 0 Å². The molecule has 3 rings (SSSR count). The van der Waals surface area contributed by atoms with Gasteiger partial charge in [0.25, 0.3) is 0 Å². The van der Waals surface area contributed by atoms with Crippen LogP contribution in [0, 0.1) is 6.92 Å². The molecule has 1 heterocycles. The minimum Gasteiger partial charge on any atom is -0.256 e. The van der Waals surface area contributed by atoms with Crippen LogP contribution >= 0.6 is 31.9 Å². The Kier molecular flexibility index (Phi) is 5.99. The molecule has 138 valence electrons. The third-order valence-corrected chi connectivity index (χ3v) is 6.51. The van der Waals surface area contributed by atoms with Crippen LogP contribution in [-0.2, 0) is 9.84 Å². The Balaban J connectivity index is 2.22. The summed E-state index contributed by atoms with van der Waals surface area (Å²) in [4.78, 5) is 4.87. The molecule has 0 aliphatic rings. The summed E-state index contributed by atoms with van der Waals surface area (Å²) in [5.74, 6) is 0. The fraction of sp³-hybridized carbons (Fsp3) is 0.0952. The predicted molar refractivity (Wildman–Crippen MR) is 118 cm³/mol. The topological polar surface area (TPSA) is 47.0 Å². The Bertz CT molecular complexity index is 1100. The van der Waals surface area contributed by atoms with Crippen LogP contribution in [0.2, 0.25) is 0 Å². The maximum Gasteiger partial charge on any atom is 0.175 e. The molecule has 3 aromatic rings. The number of pyridine rings is 1. The molecule has 27 heavy (non-hydrogen) atoms. The molecule has 0 N–H and O–H groups in total. The Morgan fingerprint density at radius 1 is 0.963 bits per heavy atom. The highest BCUT2D eigenvalue weighted by Crippen LogP contribution is 2.36. The minimum absolute atomic E-state index is 0.293. The maximum atomic E-state index is 11.8. The molecule has 0 spiro atoms. The van der Waals surface area contributed by atoms with Gasteiger partial charge in [-0.25, -0.2) is 8.42 Å². The van der Waals surface area contributed by atoms with Gasteiger partial charge in [-0.05, 0) is 69.9 Å². The van der Waals surface area contributed by atoms with Gasteiger partial charge in [-0.15, -0.1) is 0 Å². The lowest BCUT2D eigenvalue weighted by atomic mass is 9.99. The first-order valence-corrected chi connectivity index (χ1v) is 11.6. The Labute approximate surface area is 176 Å². The van der Waals surface area contributed by atoms with Crippen LogP contribution in [0.4, 0.5) is 0 Å². The van der Waals surface area contributed by atoms with E-state index in [1.807, 2.05) is 61.7 Å². The Morgan fingerprint density at radius 3 is 2.22 bits per heavy atom. The van der Waals surface area contributed by atoms with E-state index in [0.717, 1.165) is 36.9 Å². The lowest BCUT2D eigenvalue weighted by Gasteiger charge is -2.13. The lowest BCUT2D eigenvalue weighted by Crippen LogP contribution is -1.99. The van der Waals surface area contributed by atoms with Gasteiger partial charge in [0, 0.05) is 27.0 Å². The second-order valence-corrected chi connectivity index (χ2v) is 9.94. The fourth-order valence-corrected chi connectivity index (χ4v) is 4.35. The molecule has 0 saturated heterocycles. The van der Waals surface area contributed by atoms with Crippen LogP contribution in [0.15, 0.2) is 76.2 Å². The fourth-order valence-electron chi connectivity index (χ4n) is 2.64. The zero-order chi connectivity index (χ0) is 19.6. The number of nitrogens with zero attached hydrogens (tertiary/aromatic N) is 1. The van der Waals surface area contributed by atoms with E-state index in [9.17, 15) is 8.42 Å². The number of hydrogen-bond donors (Lipinski definition) is 0. The van der Waals surface area contributed by atoms with Crippen molar-refractivity contribution in [1.82, 2.24) is 4.98 Å². The molecule has 0 fully saturated rings. The van der Waals surface area contributed by atoms with E-state index in [1.165, 1.54) is 6.26 Å². The number of aromatic nitrogens is 1. The predicted octanol–water partition coefficient (Wildman–Crippen LogP) is 5.87. The molecule has 2 aromatic carbocycles. The van der Waals surface area contributed by atoms with Gasteiger partial charge in [-0.3, -0.25) is 4.98 Å². The molecule has 0 radical (unpaired) electrons. The molecule has 0 aliphatic carbocycles. The smallest absolute Gasteiger partial charge is 0.175 e. The zero-order valence-electron chi connectivity index (χ0n) is 14.8. The van der Waals surface area contributed by atoms with Crippen molar-refractivity contribution in [2.75, 3.05) is 6.26 Å². The third-order valence-electron chi connectivity index (χ3n) is 4.04. The summed E-state index contributed by atoms with van der Waals surface area (Å²) >= 11 is 7.24. The van der Waals surface area contributed by atoms with Gasteiger partial charge >= 0.3 is 0 Å². The van der Waals surface area contributed by atoms with Crippen LogP contribution in [0.1, 0.15) is 22.4 Å². The van der Waals surface area contributed by atoms with E-state index in [2.05, 4.69) is 36.8 Å². The van der Waals surface area contributed by atoms with Crippen molar-refractivity contribution in [2.24, 2.45) is 0 Å². The summed E-state index contributed by atoms with van der Waals surface area (Å²) in [6, 6.07) is 18.8. The van der Waals surface area contributed by atoms with Gasteiger partial charge < -0.3 is 0 Å². The standard InChI is InChI=1S/C21H17Br2NO2S/c1-14-6-11-19(24-13-14)20(21(23)16-4-3-5-17(22)12-16)15-7-9-18(10-8-15)27(2,25)26/h3-13H,1-2H3/b21-20+. The summed E-state index contributed by atoms with van der Waals surface area (Å²) in [6.45, 7) is 1.99. The van der Waals surface area contributed by atoms with Crippen LogP contribution in [0.5, 0.6) is 0 Å². The molecule has 0 saturated carbocycles. The number of aryl methyl sites for hydroxylation is 1. The van der Waals surface area contributed by atoms with Gasteiger partial charge in [0.15, 0.2) is 9.84 Å². The summed E-state index contributed by atoms with van der Waals surface area (Å²) in [5.41, 5.74) is 4.65. The zero-order valence-corrected chi connectivity index (χ0v) is 18.8. The Morgan fingerprint density at radius 2 is 1.67 bits per heavy atom. The highest BCUT2D eigenvalue weighted by molar-refractivity contribution is 9.15. The van der Waals surface area contributed by atoms with Crippen molar-refractivity contribution in [1.29, 1.82) is 0 Å². The van der Waals surface area contributed by atoms with Crippen molar-refractivity contribution in [3.05, 3.63) is 93.7 Å². The van der Waals surface area contributed by atoms with Crippen LogP contribution in [0.3, 0.4) is 0 Å². The first-order chi connectivity index (χ1) is 12.8. The number of hydrogen-bond acceptors (Lipinski definition) is 3. The molecule has 3 nitrogen and oxygen atoms in total. The van der Waals surface area contributed by atoms with Crippen molar-refractivity contribution >= 4 is 51.8 Å². The molecule has 0 bridgehead atoms. The summed E-state index contributed by atoms with van der Waals surface area (Å²) < 4.78 is 25.4. The second-order valence-electron chi connectivity index (χ2n) is 6.22. The van der Waals surface area contributed by atoms with Crippen molar-refractivity contribution < 1.29 is 8.42 Å². The van der Waals surface area contributed by atoms with E-state index >= 15 is 0 Å². The molecule has 0 aliphatic heterocycles. The summed E-state index contributed by atoms with van der Waals surface area (Å²) in [5, 5.41) is 0. The van der Waals surface area contributed by atoms with Crippen molar-refractivity contribution in [2.45, 2.75) is 11.8 Å². The quantitative estimate of drug-likeness (QED) is 0.416. The van der Waals surface area contributed by atoms with Gasteiger partial charge in [-0.2, -0.15) is 0 Å². The van der Waals surface area contributed by atoms with Gasteiger partial charge in [0.05, 0.1) is 10.6 Å². The van der Waals surface area contributed by atoms with Gasteiger partial charge in [0.2, 0.25) is 0 Å². The van der Waals surface area contributed by atoms with E-state index in [0.29, 0.717) is 4.90 Å². The molecule has 0 amide bonds. The third kappa shape index (κ3) is 4.75. The number of benzene rings is 2. The normalized spacial score (nSPS) is 12.6. The van der Waals surface area contributed by atoms with E-state index < -0.39 is 9.84 Å². The molecule has 6 heteroatoms. The Hall–Kier alpha value is -1.76. The minimum atomic E-state index is -3.24. The highest BCUT2D eigenvalue weighted by Gasteiger charge is 2.15. The first kappa shape index (κ1) is 20.0. The van der Waals surface area contributed by atoms with E-state index in [1.54, 1.807) is 12.1 Å². The van der Waals surface area contributed by atoms with E-state index in [-0.39, 0.29) is 0 Å². The number of halogens is 2. The largest absolute Gasteiger partial charge is 0.256 e. The molecule has 0 atom stereocenters. The average molecular weight is 507 g/mol. The SMILES string of the molecule is Cc1ccc(/C(=C(/Br)c2cccc(Br)c2)c2ccc(S(C)(=O)=O)cc2)nc1. The lowest BCUT2D eigenvalue weighted by molar-refractivity contribution is 0.602.